The van der Waals surface area contributed by atoms with Crippen molar-refractivity contribution in [1.29, 1.82) is 0 Å². The van der Waals surface area contributed by atoms with Gasteiger partial charge in [-0.15, -0.1) is 0 Å². The highest BCUT2D eigenvalue weighted by Crippen LogP contribution is 2.60. The number of hydrogen-bond acceptors (Lipinski definition) is 2. The molecule has 252 valence electrons. The van der Waals surface area contributed by atoms with Crippen LogP contribution in [0.2, 0.25) is 38.8 Å². The van der Waals surface area contributed by atoms with Crippen molar-refractivity contribution in [2.24, 2.45) is 0 Å². The number of para-hydroxylation sites is 4. The number of rotatable bonds is 9. The van der Waals surface area contributed by atoms with Crippen LogP contribution in [0.25, 0.3) is 21.9 Å². The lowest BCUT2D eigenvalue weighted by molar-refractivity contribution is 0.788. The van der Waals surface area contributed by atoms with Crippen molar-refractivity contribution in [3.8, 4) is 11.1 Å². The van der Waals surface area contributed by atoms with Gasteiger partial charge in [0.2, 0.25) is 0 Å². The van der Waals surface area contributed by atoms with Crippen LogP contribution in [0, 0.1) is 0 Å². The molecule has 1 aliphatic rings. The highest BCUT2D eigenvalue weighted by Gasteiger charge is 2.53. The van der Waals surface area contributed by atoms with E-state index in [0.29, 0.717) is 0 Å². The second-order valence-corrected chi connectivity index (χ2v) is 23.9. The lowest BCUT2D eigenvalue weighted by atomic mass is 9.92. The van der Waals surface area contributed by atoms with Crippen molar-refractivity contribution in [3.63, 3.8) is 0 Å². The first-order chi connectivity index (χ1) is 24.8. The largest absolute Gasteiger partial charge is 0.310 e. The molecule has 0 radical (unpaired) electrons. The molecule has 0 saturated heterocycles. The fourth-order valence-corrected chi connectivity index (χ4v) is 16.0. The fourth-order valence-electron chi connectivity index (χ4n) is 8.68. The monoisotopic (exact) mass is 694 g/mol. The number of anilines is 6. The first kappa shape index (κ1) is 33.0. The molecule has 51 heavy (non-hydrogen) atoms. The van der Waals surface area contributed by atoms with Gasteiger partial charge in [-0.2, -0.15) is 0 Å². The minimum Gasteiger partial charge on any atom is -0.310 e. The summed E-state index contributed by atoms with van der Waals surface area (Å²) >= 11 is 0. The predicted molar refractivity (Wildman–Crippen MR) is 227 cm³/mol. The highest BCUT2D eigenvalue weighted by atomic mass is 28.3. The number of fused-ring (bicyclic) bond motifs is 5. The maximum atomic E-state index is 2.61. The Morgan fingerprint density at radius 1 is 0.471 bits per heavy atom. The molecule has 0 spiro atoms. The van der Waals surface area contributed by atoms with Crippen molar-refractivity contribution >= 4 is 61.8 Å². The molecule has 0 bridgehead atoms. The number of benzene rings is 7. The predicted octanol–water partition coefficient (Wildman–Crippen LogP) is 13.4. The summed E-state index contributed by atoms with van der Waals surface area (Å²) < 4.78 is 0. The van der Waals surface area contributed by atoms with Crippen LogP contribution < -0.4 is 9.80 Å². The summed E-state index contributed by atoms with van der Waals surface area (Å²) in [5.41, 5.74) is 13.0. The number of nitrogens with zero attached hydrogens (tertiary/aromatic N) is 2. The van der Waals surface area contributed by atoms with Gasteiger partial charge in [0, 0.05) is 47.7 Å². The Balaban J connectivity index is 1.45. The van der Waals surface area contributed by atoms with Crippen LogP contribution in [0.3, 0.4) is 0 Å². The van der Waals surface area contributed by atoms with Gasteiger partial charge >= 0.3 is 0 Å². The molecule has 4 heteroatoms. The summed E-state index contributed by atoms with van der Waals surface area (Å²) in [5, 5.41) is 2.57. The van der Waals surface area contributed by atoms with Gasteiger partial charge < -0.3 is 9.80 Å². The zero-order valence-corrected chi connectivity index (χ0v) is 32.5. The van der Waals surface area contributed by atoms with E-state index in [1.54, 1.807) is 0 Å². The third kappa shape index (κ3) is 5.63. The van der Waals surface area contributed by atoms with Gasteiger partial charge in [0.1, 0.15) is 0 Å². The van der Waals surface area contributed by atoms with Crippen LogP contribution in [0.1, 0.15) is 11.1 Å². The van der Waals surface area contributed by atoms with E-state index in [1.165, 1.54) is 73.2 Å². The minimum atomic E-state index is -1.96. The standard InChI is InChI=1S/C47H46N2Si2/c1-50(2)34-47(51(3,4)5)43-32-39(48(35-20-10-6-11-21-35)36-22-12-7-13-23-36)30-31-42(43)46-41-29-19-18-28-40(41)45(33-44(46)47)49(37-24-14-8-15-25-37)38-26-16-9-17-27-38/h6-33,50H,34H2,1-5H3. The normalized spacial score (nSPS) is 15.1. The molecule has 0 amide bonds. The highest BCUT2D eigenvalue weighted by molar-refractivity contribution is 6.81. The zero-order valence-electron chi connectivity index (χ0n) is 30.3. The van der Waals surface area contributed by atoms with E-state index in [9.17, 15) is 0 Å². The third-order valence-corrected chi connectivity index (χ3v) is 15.9. The first-order valence-corrected chi connectivity index (χ1v) is 24.9. The Hall–Kier alpha value is -5.17. The van der Waals surface area contributed by atoms with Gasteiger partial charge in [0.25, 0.3) is 0 Å². The van der Waals surface area contributed by atoms with E-state index in [-0.39, 0.29) is 5.04 Å². The Kier molecular flexibility index (Phi) is 8.53. The zero-order chi connectivity index (χ0) is 35.2. The Morgan fingerprint density at radius 2 is 0.922 bits per heavy atom. The molecule has 1 aliphatic carbocycles. The molecule has 0 fully saturated rings. The van der Waals surface area contributed by atoms with Crippen molar-refractivity contribution in [1.82, 2.24) is 0 Å². The Labute approximate surface area is 306 Å². The van der Waals surface area contributed by atoms with E-state index in [4.69, 9.17) is 0 Å². The molecular weight excluding hydrogens is 649 g/mol. The molecule has 1 atom stereocenters. The summed E-state index contributed by atoms with van der Waals surface area (Å²) in [5.74, 6) is 0. The van der Waals surface area contributed by atoms with E-state index >= 15 is 0 Å². The number of hydrogen-bond donors (Lipinski definition) is 0. The smallest absolute Gasteiger partial charge is 0.0609 e. The summed E-state index contributed by atoms with van der Waals surface area (Å²) in [6.07, 6.45) is 0. The van der Waals surface area contributed by atoms with Gasteiger partial charge in [-0.05, 0) is 100 Å². The van der Waals surface area contributed by atoms with Gasteiger partial charge in [-0.1, -0.05) is 136 Å². The molecule has 2 nitrogen and oxygen atoms in total. The van der Waals surface area contributed by atoms with Crippen molar-refractivity contribution < 1.29 is 0 Å². The Morgan fingerprint density at radius 3 is 1.39 bits per heavy atom. The van der Waals surface area contributed by atoms with Crippen LogP contribution in [-0.2, 0) is 5.04 Å². The third-order valence-electron chi connectivity index (χ3n) is 10.8. The van der Waals surface area contributed by atoms with Gasteiger partial charge in [-0.25, -0.2) is 0 Å². The second kappa shape index (κ2) is 13.2. The van der Waals surface area contributed by atoms with Crippen molar-refractivity contribution in [2.45, 2.75) is 43.8 Å². The maximum absolute atomic E-state index is 2.61. The Bertz CT molecular complexity index is 2220. The van der Waals surface area contributed by atoms with E-state index in [2.05, 4.69) is 212 Å². The quantitative estimate of drug-likeness (QED) is 0.139. The second-order valence-electron chi connectivity index (χ2n) is 15.4. The van der Waals surface area contributed by atoms with E-state index in [0.717, 1.165) is 0 Å². The molecule has 8 rings (SSSR count). The van der Waals surface area contributed by atoms with Crippen LogP contribution >= 0.6 is 0 Å². The summed E-state index contributed by atoms with van der Waals surface area (Å²) in [4.78, 5) is 4.91. The molecule has 7 aromatic rings. The van der Waals surface area contributed by atoms with Crippen LogP contribution in [-0.4, -0.2) is 16.9 Å². The molecule has 0 aliphatic heterocycles. The van der Waals surface area contributed by atoms with E-state index in [1.807, 2.05) is 0 Å². The topological polar surface area (TPSA) is 6.48 Å². The van der Waals surface area contributed by atoms with Gasteiger partial charge in [0.15, 0.2) is 0 Å². The summed E-state index contributed by atoms with van der Waals surface area (Å²) in [6.45, 7) is 12.9. The molecule has 0 saturated carbocycles. The first-order valence-electron chi connectivity index (χ1n) is 18.3. The fraction of sp³-hybridized carbons (Fsp3) is 0.149. The average Bonchev–Trinajstić information content (AvgIpc) is 3.43. The summed E-state index contributed by atoms with van der Waals surface area (Å²) in [6, 6.07) is 63.8. The van der Waals surface area contributed by atoms with Crippen LogP contribution in [0.4, 0.5) is 34.1 Å². The van der Waals surface area contributed by atoms with Crippen LogP contribution in [0.15, 0.2) is 170 Å². The minimum absolute atomic E-state index is 0.0507. The van der Waals surface area contributed by atoms with Gasteiger partial charge in [-0.3, -0.25) is 0 Å². The average molecular weight is 695 g/mol. The van der Waals surface area contributed by atoms with Crippen LogP contribution in [0.5, 0.6) is 0 Å². The molecule has 0 N–H and O–H groups in total. The summed E-state index contributed by atoms with van der Waals surface area (Å²) in [7, 11) is -3.04. The lowest BCUT2D eigenvalue weighted by Gasteiger charge is -2.45. The lowest BCUT2D eigenvalue weighted by Crippen LogP contribution is -2.50. The SMILES string of the molecule is C[SiH](C)CC1([Si](C)(C)C)c2cc(N(c3ccccc3)c3ccccc3)ccc2-c2c1cc(N(c1ccccc1)c1ccccc1)c1ccccc21. The molecular formula is C47H46N2Si2. The molecule has 7 aromatic carbocycles. The van der Waals surface area contributed by atoms with Gasteiger partial charge in [0.05, 0.1) is 13.8 Å². The van der Waals surface area contributed by atoms with E-state index < -0.39 is 16.9 Å². The molecule has 1 unspecified atom stereocenters. The van der Waals surface area contributed by atoms with Crippen molar-refractivity contribution in [2.75, 3.05) is 9.80 Å². The molecule has 0 aromatic heterocycles. The maximum Gasteiger partial charge on any atom is 0.0609 e. The van der Waals surface area contributed by atoms with Crippen molar-refractivity contribution in [3.05, 3.63) is 181 Å². The molecule has 0 heterocycles.